The second-order valence-electron chi connectivity index (χ2n) is 5.82. The second-order valence-corrected chi connectivity index (χ2v) is 7.80. The smallest absolute Gasteiger partial charge is 0.322 e. The third-order valence-corrected chi connectivity index (χ3v) is 5.49. The Morgan fingerprint density at radius 1 is 1.22 bits per heavy atom. The van der Waals surface area contributed by atoms with E-state index >= 15 is 0 Å². The summed E-state index contributed by atoms with van der Waals surface area (Å²) in [7, 11) is -3.20. The number of hydrogen-bond acceptors (Lipinski definition) is 4. The number of sulfonamides is 1. The number of carbonyl (C=O) groups is 1. The zero-order valence-electron chi connectivity index (χ0n) is 13.1. The number of benzene rings is 1. The van der Waals surface area contributed by atoms with Crippen LogP contribution in [0, 0.1) is 0 Å². The van der Waals surface area contributed by atoms with E-state index in [4.69, 9.17) is 4.74 Å². The summed E-state index contributed by atoms with van der Waals surface area (Å²) in [4.78, 5) is 14.1. The van der Waals surface area contributed by atoms with Crippen molar-refractivity contribution in [1.29, 1.82) is 0 Å². The van der Waals surface area contributed by atoms with E-state index in [1.165, 1.54) is 10.6 Å². The highest BCUT2D eigenvalue weighted by atomic mass is 32.2. The minimum Gasteiger partial charge on any atom is -0.378 e. The van der Waals surface area contributed by atoms with Gasteiger partial charge in [-0.2, -0.15) is 4.31 Å². The normalized spacial score (nSPS) is 19.3. The zero-order valence-corrected chi connectivity index (χ0v) is 13.9. The summed E-state index contributed by atoms with van der Waals surface area (Å²) < 4.78 is 30.1. The van der Waals surface area contributed by atoms with Gasteiger partial charge in [-0.1, -0.05) is 12.1 Å². The van der Waals surface area contributed by atoms with Crippen molar-refractivity contribution < 1.29 is 17.9 Å². The van der Waals surface area contributed by atoms with E-state index in [1.807, 2.05) is 18.2 Å². The van der Waals surface area contributed by atoms with Gasteiger partial charge >= 0.3 is 6.03 Å². The van der Waals surface area contributed by atoms with Crippen LogP contribution in [-0.4, -0.2) is 62.8 Å². The number of carbonyl (C=O) groups excluding carboxylic acids is 1. The molecular weight excluding hydrogens is 318 g/mol. The number of ether oxygens (including phenoxy) is 1. The molecule has 2 amide bonds. The predicted molar refractivity (Wildman–Crippen MR) is 86.8 cm³/mol. The van der Waals surface area contributed by atoms with Gasteiger partial charge in [0, 0.05) is 31.9 Å². The minimum absolute atomic E-state index is 0.132. The van der Waals surface area contributed by atoms with Crippen molar-refractivity contribution in [3.8, 4) is 0 Å². The maximum Gasteiger partial charge on any atom is 0.322 e. The molecule has 2 aliphatic heterocycles. The molecule has 0 atom stereocenters. The van der Waals surface area contributed by atoms with Crippen LogP contribution in [0.5, 0.6) is 0 Å². The van der Waals surface area contributed by atoms with Crippen LogP contribution in [0.25, 0.3) is 0 Å². The van der Waals surface area contributed by atoms with Gasteiger partial charge in [0.1, 0.15) is 0 Å². The molecule has 2 aliphatic rings. The van der Waals surface area contributed by atoms with E-state index in [0.29, 0.717) is 45.8 Å². The number of amides is 2. The first-order valence-corrected chi connectivity index (χ1v) is 9.49. The highest BCUT2D eigenvalue weighted by Gasteiger charge is 2.25. The Morgan fingerprint density at radius 3 is 2.65 bits per heavy atom. The fourth-order valence-corrected chi connectivity index (χ4v) is 3.74. The Morgan fingerprint density at radius 2 is 1.96 bits per heavy atom. The lowest BCUT2D eigenvalue weighted by Crippen LogP contribution is -2.43. The van der Waals surface area contributed by atoms with Crippen LogP contribution in [0.1, 0.15) is 11.1 Å². The van der Waals surface area contributed by atoms with E-state index in [9.17, 15) is 13.2 Å². The molecule has 1 saturated heterocycles. The quantitative estimate of drug-likeness (QED) is 0.867. The lowest BCUT2D eigenvalue weighted by molar-refractivity contribution is 0.0564. The maximum absolute atomic E-state index is 12.3. The molecule has 8 heteroatoms. The Balaban J connectivity index is 1.76. The molecule has 2 heterocycles. The van der Waals surface area contributed by atoms with Gasteiger partial charge in [-0.15, -0.1) is 0 Å². The first kappa shape index (κ1) is 16.2. The number of nitrogens with zero attached hydrogens (tertiary/aromatic N) is 2. The van der Waals surface area contributed by atoms with Gasteiger partial charge in [-0.25, -0.2) is 13.2 Å². The highest BCUT2D eigenvalue weighted by molar-refractivity contribution is 7.88. The van der Waals surface area contributed by atoms with E-state index in [0.717, 1.165) is 16.8 Å². The number of morpholine rings is 1. The van der Waals surface area contributed by atoms with Crippen molar-refractivity contribution in [2.24, 2.45) is 0 Å². The Bertz CT molecular complexity index is 699. The van der Waals surface area contributed by atoms with Gasteiger partial charge in [0.15, 0.2) is 0 Å². The van der Waals surface area contributed by atoms with Gasteiger partial charge in [0.05, 0.1) is 19.5 Å². The third kappa shape index (κ3) is 3.65. The van der Waals surface area contributed by atoms with Crippen LogP contribution in [-0.2, 0) is 27.7 Å². The van der Waals surface area contributed by atoms with Gasteiger partial charge in [0.2, 0.25) is 10.0 Å². The number of rotatable bonds is 2. The summed E-state index contributed by atoms with van der Waals surface area (Å²) in [5.41, 5.74) is 2.74. The number of nitrogens with one attached hydrogen (secondary N) is 1. The van der Waals surface area contributed by atoms with E-state index in [-0.39, 0.29) is 6.03 Å². The predicted octanol–water partition coefficient (Wildman–Crippen LogP) is 0.868. The zero-order chi connectivity index (χ0) is 16.4. The summed E-state index contributed by atoms with van der Waals surface area (Å²) in [6.07, 6.45) is 1.82. The highest BCUT2D eigenvalue weighted by Crippen LogP contribution is 2.27. The summed E-state index contributed by atoms with van der Waals surface area (Å²) >= 11 is 0. The Hall–Kier alpha value is -1.64. The number of hydrogen-bond donors (Lipinski definition) is 1. The molecule has 0 aliphatic carbocycles. The van der Waals surface area contributed by atoms with Crippen LogP contribution >= 0.6 is 0 Å². The molecule has 23 heavy (non-hydrogen) atoms. The standard InChI is InChI=1S/C15H21N3O4S/c1-23(20,21)18-6-5-13-12(11-18)3-2-4-14(13)16-15(19)17-7-9-22-10-8-17/h2-4H,5-11H2,1H3,(H,16,19). The molecule has 0 saturated carbocycles. The van der Waals surface area contributed by atoms with E-state index in [1.54, 1.807) is 4.90 Å². The molecule has 1 aromatic rings. The fourth-order valence-electron chi connectivity index (χ4n) is 2.94. The van der Waals surface area contributed by atoms with Crippen molar-refractivity contribution in [3.63, 3.8) is 0 Å². The van der Waals surface area contributed by atoms with Gasteiger partial charge in [-0.3, -0.25) is 0 Å². The third-order valence-electron chi connectivity index (χ3n) is 4.24. The van der Waals surface area contributed by atoms with E-state index < -0.39 is 10.0 Å². The first-order valence-electron chi connectivity index (χ1n) is 7.65. The molecule has 126 valence electrons. The van der Waals surface area contributed by atoms with Crippen LogP contribution in [0.4, 0.5) is 10.5 Å². The SMILES string of the molecule is CS(=O)(=O)N1CCc2c(cccc2NC(=O)N2CCOCC2)C1. The summed E-state index contributed by atoms with van der Waals surface area (Å²) in [5, 5.41) is 2.96. The molecule has 0 bridgehead atoms. The molecule has 1 N–H and O–H groups in total. The average molecular weight is 339 g/mol. The van der Waals surface area contributed by atoms with Gasteiger partial charge in [-0.05, 0) is 23.6 Å². The molecule has 3 rings (SSSR count). The van der Waals surface area contributed by atoms with Gasteiger partial charge < -0.3 is 15.0 Å². The number of urea groups is 1. The van der Waals surface area contributed by atoms with E-state index in [2.05, 4.69) is 5.32 Å². The molecule has 0 unspecified atom stereocenters. The minimum atomic E-state index is -3.20. The van der Waals surface area contributed by atoms with Gasteiger partial charge in [0.25, 0.3) is 0 Å². The number of fused-ring (bicyclic) bond motifs is 1. The molecule has 0 spiro atoms. The average Bonchev–Trinajstić information content (AvgIpc) is 2.54. The van der Waals surface area contributed by atoms with Crippen molar-refractivity contribution in [1.82, 2.24) is 9.21 Å². The molecule has 0 radical (unpaired) electrons. The molecular formula is C15H21N3O4S. The van der Waals surface area contributed by atoms with Crippen LogP contribution in [0.15, 0.2) is 18.2 Å². The Labute approximate surface area is 136 Å². The molecule has 1 aromatic carbocycles. The van der Waals surface area contributed by atoms with Crippen molar-refractivity contribution in [3.05, 3.63) is 29.3 Å². The first-order chi connectivity index (χ1) is 10.9. The molecule has 0 aromatic heterocycles. The largest absolute Gasteiger partial charge is 0.378 e. The van der Waals surface area contributed by atoms with Crippen LogP contribution in [0.3, 0.4) is 0 Å². The molecule has 7 nitrogen and oxygen atoms in total. The van der Waals surface area contributed by atoms with Crippen molar-refractivity contribution >= 4 is 21.7 Å². The van der Waals surface area contributed by atoms with Crippen molar-refractivity contribution in [2.75, 3.05) is 44.4 Å². The fraction of sp³-hybridized carbons (Fsp3) is 0.533. The number of anilines is 1. The lowest BCUT2D eigenvalue weighted by atomic mass is 9.99. The van der Waals surface area contributed by atoms with Crippen LogP contribution < -0.4 is 5.32 Å². The summed E-state index contributed by atoms with van der Waals surface area (Å²) in [6.45, 7) is 3.09. The lowest BCUT2D eigenvalue weighted by Gasteiger charge is -2.30. The molecule has 1 fully saturated rings. The van der Waals surface area contributed by atoms with Crippen LogP contribution in [0.2, 0.25) is 0 Å². The summed E-state index contributed by atoms with van der Waals surface area (Å²) in [5.74, 6) is 0. The summed E-state index contributed by atoms with van der Waals surface area (Å²) in [6, 6.07) is 5.50. The Kier molecular flexibility index (Phi) is 4.56. The van der Waals surface area contributed by atoms with Crippen molar-refractivity contribution in [2.45, 2.75) is 13.0 Å². The maximum atomic E-state index is 12.3. The monoisotopic (exact) mass is 339 g/mol. The topological polar surface area (TPSA) is 79.0 Å². The second kappa shape index (κ2) is 6.46.